The summed E-state index contributed by atoms with van der Waals surface area (Å²) in [6.45, 7) is 5.62. The van der Waals surface area contributed by atoms with Crippen LogP contribution in [-0.4, -0.2) is 40.4 Å². The molecule has 2 atom stereocenters. The molecule has 0 aromatic carbocycles. The Labute approximate surface area is 122 Å². The zero-order chi connectivity index (χ0) is 11.5. The maximum Gasteiger partial charge on any atom is 0.0522 e. The van der Waals surface area contributed by atoms with Crippen molar-refractivity contribution in [1.29, 1.82) is 0 Å². The Hall–Kier alpha value is -0.290. The van der Waals surface area contributed by atoms with Crippen LogP contribution in [-0.2, 0) is 13.5 Å². The predicted molar refractivity (Wildman–Crippen MR) is 79.6 cm³/mol. The van der Waals surface area contributed by atoms with E-state index in [1.807, 2.05) is 17.9 Å². The fourth-order valence-corrected chi connectivity index (χ4v) is 2.38. The smallest absolute Gasteiger partial charge is 0.0522 e. The van der Waals surface area contributed by atoms with Crippen LogP contribution in [0.25, 0.3) is 0 Å². The Kier molecular flexibility index (Phi) is 7.87. The van der Waals surface area contributed by atoms with Crippen molar-refractivity contribution in [3.8, 4) is 0 Å². The van der Waals surface area contributed by atoms with Gasteiger partial charge >= 0.3 is 0 Å². The molecule has 0 saturated carbocycles. The molecule has 0 amide bonds. The van der Waals surface area contributed by atoms with Gasteiger partial charge < -0.3 is 10.6 Å². The number of aryl methyl sites for hydroxylation is 1. The van der Waals surface area contributed by atoms with Crippen LogP contribution in [0.15, 0.2) is 12.4 Å². The van der Waals surface area contributed by atoms with Gasteiger partial charge in [-0.3, -0.25) is 4.68 Å². The average molecular weight is 295 g/mol. The summed E-state index contributed by atoms with van der Waals surface area (Å²) in [6, 6.07) is 0.336. The molecule has 1 fully saturated rings. The minimum Gasteiger partial charge on any atom is -0.328 e. The van der Waals surface area contributed by atoms with Crippen molar-refractivity contribution in [2.75, 3.05) is 19.6 Å². The molecule has 2 rings (SSSR count). The topological polar surface area (TPSA) is 47.1 Å². The monoisotopic (exact) mass is 294 g/mol. The van der Waals surface area contributed by atoms with Crippen molar-refractivity contribution in [1.82, 2.24) is 14.7 Å². The Balaban J connectivity index is 0.00000144. The normalized spacial score (nSPS) is 21.2. The minimum atomic E-state index is 0. The lowest BCUT2D eigenvalue weighted by atomic mass is 10.0. The quantitative estimate of drug-likeness (QED) is 0.915. The van der Waals surface area contributed by atoms with E-state index >= 15 is 0 Å². The maximum atomic E-state index is 5.93. The predicted octanol–water partition coefficient (Wildman–Crippen LogP) is 1.48. The second-order valence-electron chi connectivity index (χ2n) is 4.98. The third-order valence-corrected chi connectivity index (χ3v) is 3.53. The van der Waals surface area contributed by atoms with Gasteiger partial charge in [0, 0.05) is 32.4 Å². The van der Waals surface area contributed by atoms with Gasteiger partial charge in [0.15, 0.2) is 0 Å². The first kappa shape index (κ1) is 17.7. The summed E-state index contributed by atoms with van der Waals surface area (Å²) in [5.41, 5.74) is 7.26. The number of nitrogens with two attached hydrogens (primary N) is 1. The first-order chi connectivity index (χ1) is 7.65. The second kappa shape index (κ2) is 8.00. The molecule has 0 aliphatic carbocycles. The summed E-state index contributed by atoms with van der Waals surface area (Å²) in [4.78, 5) is 2.51. The van der Waals surface area contributed by atoms with E-state index in [4.69, 9.17) is 5.73 Å². The molecule has 2 N–H and O–H groups in total. The van der Waals surface area contributed by atoms with Gasteiger partial charge in [-0.1, -0.05) is 0 Å². The number of likely N-dealkylation sites (tertiary alicyclic amines) is 1. The van der Waals surface area contributed by atoms with E-state index in [1.165, 1.54) is 18.5 Å². The van der Waals surface area contributed by atoms with Gasteiger partial charge in [-0.2, -0.15) is 5.10 Å². The summed E-state index contributed by atoms with van der Waals surface area (Å²) in [7, 11) is 1.96. The molecule has 0 radical (unpaired) electrons. The zero-order valence-corrected chi connectivity index (χ0v) is 12.7. The van der Waals surface area contributed by atoms with Crippen molar-refractivity contribution < 1.29 is 0 Å². The Bertz CT molecular complexity index is 341. The second-order valence-corrected chi connectivity index (χ2v) is 4.98. The van der Waals surface area contributed by atoms with Crippen LogP contribution < -0.4 is 5.73 Å². The number of rotatable bonds is 4. The van der Waals surface area contributed by atoms with E-state index in [9.17, 15) is 0 Å². The van der Waals surface area contributed by atoms with Gasteiger partial charge in [0.1, 0.15) is 0 Å². The largest absolute Gasteiger partial charge is 0.328 e. The van der Waals surface area contributed by atoms with Crippen LogP contribution >= 0.6 is 24.8 Å². The van der Waals surface area contributed by atoms with Gasteiger partial charge in [-0.15, -0.1) is 24.8 Å². The molecule has 18 heavy (non-hydrogen) atoms. The third kappa shape index (κ3) is 4.76. The number of hydrogen-bond acceptors (Lipinski definition) is 3. The van der Waals surface area contributed by atoms with Gasteiger partial charge in [-0.25, -0.2) is 0 Å². The number of halogens is 2. The number of nitrogens with zero attached hydrogens (tertiary/aromatic N) is 3. The van der Waals surface area contributed by atoms with Crippen LogP contribution in [0, 0.1) is 5.92 Å². The van der Waals surface area contributed by atoms with E-state index in [2.05, 4.69) is 23.1 Å². The fourth-order valence-electron chi connectivity index (χ4n) is 2.38. The Morgan fingerprint density at radius 2 is 2.22 bits per heavy atom. The molecule has 0 bridgehead atoms. The van der Waals surface area contributed by atoms with E-state index in [-0.39, 0.29) is 24.8 Å². The van der Waals surface area contributed by atoms with Crippen molar-refractivity contribution in [3.63, 3.8) is 0 Å². The zero-order valence-electron chi connectivity index (χ0n) is 11.1. The molecule has 1 aromatic rings. The van der Waals surface area contributed by atoms with Crippen molar-refractivity contribution >= 4 is 24.8 Å². The van der Waals surface area contributed by atoms with E-state index in [0.717, 1.165) is 19.5 Å². The maximum absolute atomic E-state index is 5.93. The third-order valence-electron chi connectivity index (χ3n) is 3.53. The molecule has 1 aliphatic heterocycles. The molecule has 2 heterocycles. The average Bonchev–Trinajstić information content (AvgIpc) is 2.83. The van der Waals surface area contributed by atoms with Gasteiger partial charge in [-0.05, 0) is 37.8 Å². The summed E-state index contributed by atoms with van der Waals surface area (Å²) in [5.74, 6) is 0.689. The Morgan fingerprint density at radius 1 is 1.50 bits per heavy atom. The van der Waals surface area contributed by atoms with Crippen LogP contribution in [0.4, 0.5) is 0 Å². The summed E-state index contributed by atoms with van der Waals surface area (Å²) >= 11 is 0. The van der Waals surface area contributed by atoms with Crippen molar-refractivity contribution in [2.45, 2.75) is 25.8 Å². The van der Waals surface area contributed by atoms with Crippen molar-refractivity contribution in [3.05, 3.63) is 18.0 Å². The van der Waals surface area contributed by atoms with Crippen LogP contribution in [0.2, 0.25) is 0 Å². The summed E-state index contributed by atoms with van der Waals surface area (Å²) in [5, 5.41) is 4.18. The number of hydrogen-bond donors (Lipinski definition) is 1. The van der Waals surface area contributed by atoms with Crippen LogP contribution in [0.5, 0.6) is 0 Å². The standard InChI is InChI=1S/C12H22N4.2ClH/c1-10(13)12-4-6-16(9-12)5-3-11-7-14-15(2)8-11;;/h7-8,10,12H,3-6,9,13H2,1-2H3;2*1H. The molecule has 1 saturated heterocycles. The fraction of sp³-hybridized carbons (Fsp3) is 0.750. The molecular weight excluding hydrogens is 271 g/mol. The summed E-state index contributed by atoms with van der Waals surface area (Å²) < 4.78 is 1.87. The molecule has 0 spiro atoms. The highest BCUT2D eigenvalue weighted by molar-refractivity contribution is 5.85. The molecule has 1 aromatic heterocycles. The molecule has 1 aliphatic rings. The lowest BCUT2D eigenvalue weighted by Gasteiger charge is -2.17. The highest BCUT2D eigenvalue weighted by Crippen LogP contribution is 2.18. The first-order valence-corrected chi connectivity index (χ1v) is 6.10. The van der Waals surface area contributed by atoms with Gasteiger partial charge in [0.05, 0.1) is 6.20 Å². The lowest BCUT2D eigenvalue weighted by molar-refractivity contribution is 0.319. The molecule has 4 nitrogen and oxygen atoms in total. The first-order valence-electron chi connectivity index (χ1n) is 6.10. The van der Waals surface area contributed by atoms with E-state index in [1.54, 1.807) is 0 Å². The van der Waals surface area contributed by atoms with E-state index in [0.29, 0.717) is 12.0 Å². The van der Waals surface area contributed by atoms with Gasteiger partial charge in [0.25, 0.3) is 0 Å². The number of aromatic nitrogens is 2. The molecule has 106 valence electrons. The van der Waals surface area contributed by atoms with Crippen LogP contribution in [0.3, 0.4) is 0 Å². The van der Waals surface area contributed by atoms with Crippen LogP contribution in [0.1, 0.15) is 18.9 Å². The highest BCUT2D eigenvalue weighted by Gasteiger charge is 2.24. The Morgan fingerprint density at radius 3 is 2.72 bits per heavy atom. The molecule has 2 unspecified atom stereocenters. The SMILES string of the molecule is CC(N)C1CCN(CCc2cnn(C)c2)C1.Cl.Cl. The highest BCUT2D eigenvalue weighted by atomic mass is 35.5. The van der Waals surface area contributed by atoms with E-state index < -0.39 is 0 Å². The molecule has 6 heteroatoms. The van der Waals surface area contributed by atoms with Crippen molar-refractivity contribution in [2.24, 2.45) is 18.7 Å². The molecular formula is C12H24Cl2N4. The van der Waals surface area contributed by atoms with Gasteiger partial charge in [0.2, 0.25) is 0 Å². The minimum absolute atomic E-state index is 0. The summed E-state index contributed by atoms with van der Waals surface area (Å²) in [6.07, 6.45) is 6.41. The lowest BCUT2D eigenvalue weighted by Crippen LogP contribution is -2.30.